The molecule has 0 bridgehead atoms. The predicted octanol–water partition coefficient (Wildman–Crippen LogP) is 2.92. The number of hydrogen-bond acceptors (Lipinski definition) is 6. The van der Waals surface area contributed by atoms with E-state index in [1.54, 1.807) is 24.3 Å². The van der Waals surface area contributed by atoms with Gasteiger partial charge in [0, 0.05) is 12.0 Å². The summed E-state index contributed by atoms with van der Waals surface area (Å²) in [5.74, 6) is -0.716. The highest BCUT2D eigenvalue weighted by Gasteiger charge is 2.11. The molecule has 0 aliphatic carbocycles. The number of carbonyl (C=O) groups is 2. The molecule has 0 unspecified atom stereocenters. The van der Waals surface area contributed by atoms with Crippen LogP contribution >= 0.6 is 11.3 Å². The molecule has 1 amide bonds. The van der Waals surface area contributed by atoms with E-state index in [9.17, 15) is 9.59 Å². The number of carbonyl (C=O) groups excluding carboxylic acids is 2. The lowest BCUT2D eigenvalue weighted by Crippen LogP contribution is -2.12. The molecule has 1 heterocycles. The molecule has 22 heavy (non-hydrogen) atoms. The van der Waals surface area contributed by atoms with Crippen LogP contribution in [0.25, 0.3) is 0 Å². The van der Waals surface area contributed by atoms with E-state index in [4.69, 9.17) is 0 Å². The largest absolute Gasteiger partial charge is 0.465 e. The molecule has 1 N–H and O–H groups in total. The third kappa shape index (κ3) is 4.11. The number of aromatic nitrogens is 2. The van der Waals surface area contributed by atoms with Crippen molar-refractivity contribution in [2.45, 2.75) is 26.2 Å². The highest BCUT2D eigenvalue weighted by Crippen LogP contribution is 2.18. The molecular weight excluding hydrogens is 302 g/mol. The van der Waals surface area contributed by atoms with Gasteiger partial charge in [0.25, 0.3) is 5.91 Å². The van der Waals surface area contributed by atoms with Crippen molar-refractivity contribution in [3.05, 3.63) is 40.4 Å². The second kappa shape index (κ2) is 7.65. The summed E-state index contributed by atoms with van der Waals surface area (Å²) in [5.41, 5.74) is 0.842. The number of nitrogens with zero attached hydrogens (tertiary/aromatic N) is 2. The molecule has 0 spiro atoms. The quantitative estimate of drug-likeness (QED) is 0.828. The Balaban J connectivity index is 1.99. The Morgan fingerprint density at radius 2 is 1.86 bits per heavy atom. The maximum atomic E-state index is 12.1. The van der Waals surface area contributed by atoms with Gasteiger partial charge >= 0.3 is 5.97 Å². The molecule has 0 radical (unpaired) electrons. The molecule has 116 valence electrons. The molecule has 1 aromatic carbocycles. The van der Waals surface area contributed by atoms with Gasteiger partial charge < -0.3 is 4.74 Å². The first-order chi connectivity index (χ1) is 10.6. The van der Waals surface area contributed by atoms with E-state index in [2.05, 4.69) is 27.2 Å². The van der Waals surface area contributed by atoms with Crippen molar-refractivity contribution in [1.29, 1.82) is 0 Å². The third-order valence-corrected chi connectivity index (χ3v) is 3.90. The zero-order valence-electron chi connectivity index (χ0n) is 12.5. The number of benzene rings is 1. The molecule has 7 heteroatoms. The molecular formula is C15H17N3O3S. The summed E-state index contributed by atoms with van der Waals surface area (Å²) >= 11 is 1.38. The first-order valence-electron chi connectivity index (χ1n) is 6.96. The van der Waals surface area contributed by atoms with Gasteiger partial charge in [0.05, 0.1) is 12.7 Å². The molecule has 0 saturated heterocycles. The van der Waals surface area contributed by atoms with Crippen molar-refractivity contribution >= 4 is 28.3 Å². The lowest BCUT2D eigenvalue weighted by Gasteiger charge is -2.02. The van der Waals surface area contributed by atoms with Crippen LogP contribution in [0.5, 0.6) is 0 Å². The van der Waals surface area contributed by atoms with E-state index >= 15 is 0 Å². The van der Waals surface area contributed by atoms with E-state index in [1.807, 2.05) is 0 Å². The molecule has 0 aliphatic rings. The molecule has 0 saturated carbocycles. The van der Waals surface area contributed by atoms with Gasteiger partial charge in [0.2, 0.25) is 5.13 Å². The molecule has 2 aromatic rings. The number of rotatable bonds is 6. The van der Waals surface area contributed by atoms with Crippen LogP contribution in [0.1, 0.15) is 45.5 Å². The maximum absolute atomic E-state index is 12.1. The number of aryl methyl sites for hydroxylation is 1. The number of ether oxygens (including phenoxy) is 1. The normalized spacial score (nSPS) is 10.3. The minimum absolute atomic E-state index is 0.283. The van der Waals surface area contributed by atoms with Gasteiger partial charge in [0.1, 0.15) is 5.01 Å². The van der Waals surface area contributed by atoms with Crippen LogP contribution in [0.4, 0.5) is 5.13 Å². The Morgan fingerprint density at radius 3 is 2.50 bits per heavy atom. The number of unbranched alkanes of at least 4 members (excludes halogenated alkanes) is 1. The van der Waals surface area contributed by atoms with Crippen molar-refractivity contribution < 1.29 is 14.3 Å². The van der Waals surface area contributed by atoms with Crippen LogP contribution in [0.15, 0.2) is 24.3 Å². The van der Waals surface area contributed by atoms with E-state index in [1.165, 1.54) is 18.4 Å². The van der Waals surface area contributed by atoms with Crippen LogP contribution in [-0.2, 0) is 11.2 Å². The highest BCUT2D eigenvalue weighted by molar-refractivity contribution is 7.15. The standard InChI is InChI=1S/C15H17N3O3S/c1-3-4-5-12-17-18-15(22-12)16-13(19)10-6-8-11(9-7-10)14(20)21-2/h6-9H,3-5H2,1-2H3,(H,16,18,19). The van der Waals surface area contributed by atoms with Gasteiger partial charge in [0.15, 0.2) is 0 Å². The molecule has 2 rings (SSSR count). The minimum Gasteiger partial charge on any atom is -0.465 e. The van der Waals surface area contributed by atoms with Gasteiger partial charge in [-0.25, -0.2) is 4.79 Å². The predicted molar refractivity (Wildman–Crippen MR) is 84.3 cm³/mol. The fourth-order valence-corrected chi connectivity index (χ4v) is 2.55. The number of methoxy groups -OCH3 is 1. The number of anilines is 1. The second-order valence-corrected chi connectivity index (χ2v) is 5.69. The summed E-state index contributed by atoms with van der Waals surface area (Å²) < 4.78 is 4.61. The van der Waals surface area contributed by atoms with E-state index in [-0.39, 0.29) is 5.91 Å². The first kappa shape index (κ1) is 16.1. The fraction of sp³-hybridized carbons (Fsp3) is 0.333. The summed E-state index contributed by atoms with van der Waals surface area (Å²) in [5, 5.41) is 12.1. The van der Waals surface area contributed by atoms with Gasteiger partial charge in [-0.05, 0) is 30.7 Å². The number of nitrogens with one attached hydrogen (secondary N) is 1. The third-order valence-electron chi connectivity index (χ3n) is 3.00. The lowest BCUT2D eigenvalue weighted by atomic mass is 10.1. The van der Waals surface area contributed by atoms with E-state index in [0.717, 1.165) is 24.3 Å². The molecule has 6 nitrogen and oxygen atoms in total. The van der Waals surface area contributed by atoms with Crippen molar-refractivity contribution in [2.75, 3.05) is 12.4 Å². The maximum Gasteiger partial charge on any atom is 0.337 e. The van der Waals surface area contributed by atoms with E-state index < -0.39 is 5.97 Å². The zero-order chi connectivity index (χ0) is 15.9. The Hall–Kier alpha value is -2.28. The molecule has 0 aliphatic heterocycles. The smallest absolute Gasteiger partial charge is 0.337 e. The Labute approximate surface area is 132 Å². The first-order valence-corrected chi connectivity index (χ1v) is 7.77. The lowest BCUT2D eigenvalue weighted by molar-refractivity contribution is 0.0600. The van der Waals surface area contributed by atoms with Gasteiger partial charge in [-0.1, -0.05) is 24.7 Å². The average Bonchev–Trinajstić information content (AvgIpc) is 2.99. The fourth-order valence-electron chi connectivity index (χ4n) is 1.78. The summed E-state index contributed by atoms with van der Waals surface area (Å²) in [7, 11) is 1.31. The summed E-state index contributed by atoms with van der Waals surface area (Å²) in [6.07, 6.45) is 3.02. The molecule has 0 atom stereocenters. The number of hydrogen-bond donors (Lipinski definition) is 1. The molecule has 1 aromatic heterocycles. The van der Waals surface area contributed by atoms with E-state index in [0.29, 0.717) is 16.3 Å². The van der Waals surface area contributed by atoms with Crippen molar-refractivity contribution in [1.82, 2.24) is 10.2 Å². The highest BCUT2D eigenvalue weighted by atomic mass is 32.1. The zero-order valence-corrected chi connectivity index (χ0v) is 13.3. The van der Waals surface area contributed by atoms with Crippen LogP contribution in [0.2, 0.25) is 0 Å². The SMILES string of the molecule is CCCCc1nnc(NC(=O)c2ccc(C(=O)OC)cc2)s1. The van der Waals surface area contributed by atoms with Gasteiger partial charge in [-0.3, -0.25) is 10.1 Å². The van der Waals surface area contributed by atoms with Crippen LogP contribution in [0.3, 0.4) is 0 Å². The van der Waals surface area contributed by atoms with Crippen LogP contribution < -0.4 is 5.32 Å². The van der Waals surface area contributed by atoms with Gasteiger partial charge in [-0.15, -0.1) is 10.2 Å². The number of amides is 1. The monoisotopic (exact) mass is 319 g/mol. The van der Waals surface area contributed by atoms with Crippen molar-refractivity contribution in [2.24, 2.45) is 0 Å². The summed E-state index contributed by atoms with van der Waals surface area (Å²) in [6, 6.07) is 6.24. The minimum atomic E-state index is -0.434. The Bertz CT molecular complexity index is 652. The number of esters is 1. The molecule has 0 fully saturated rings. The van der Waals surface area contributed by atoms with Crippen molar-refractivity contribution in [3.63, 3.8) is 0 Å². The van der Waals surface area contributed by atoms with Crippen LogP contribution in [0, 0.1) is 0 Å². The van der Waals surface area contributed by atoms with Gasteiger partial charge in [-0.2, -0.15) is 0 Å². The second-order valence-electron chi connectivity index (χ2n) is 4.63. The average molecular weight is 319 g/mol. The Morgan fingerprint density at radius 1 is 1.18 bits per heavy atom. The summed E-state index contributed by atoms with van der Waals surface area (Å²) in [6.45, 7) is 2.11. The topological polar surface area (TPSA) is 81.2 Å². The summed E-state index contributed by atoms with van der Waals surface area (Å²) in [4.78, 5) is 23.4. The van der Waals surface area contributed by atoms with Crippen LogP contribution in [-0.4, -0.2) is 29.2 Å². The van der Waals surface area contributed by atoms with Crippen molar-refractivity contribution in [3.8, 4) is 0 Å². The Kier molecular flexibility index (Phi) is 5.60.